The minimum atomic E-state index is -0.0990. The van der Waals surface area contributed by atoms with Gasteiger partial charge in [0, 0.05) is 66.5 Å². The fourth-order valence-electron chi connectivity index (χ4n) is 6.32. The van der Waals surface area contributed by atoms with Crippen molar-refractivity contribution in [2.75, 3.05) is 54.1 Å². The SMILES string of the molecule is Cn1cc(-c2cccc3cc([C@@H]4CCCN4c4nc(N)nc(N)c4C#N)c(N4CCOCC4)nc23)c2cc[nH]c2c1=O. The predicted molar refractivity (Wildman–Crippen MR) is 162 cm³/mol. The van der Waals surface area contributed by atoms with E-state index in [2.05, 4.69) is 49.0 Å². The Bertz CT molecular complexity index is 1950. The number of hydrogen-bond donors (Lipinski definition) is 3. The van der Waals surface area contributed by atoms with Crippen molar-refractivity contribution in [2.24, 2.45) is 7.05 Å². The number of H-pyrrole nitrogens is 1. The van der Waals surface area contributed by atoms with Crippen LogP contribution in [0.1, 0.15) is 30.0 Å². The fourth-order valence-corrected chi connectivity index (χ4v) is 6.32. The van der Waals surface area contributed by atoms with Gasteiger partial charge in [-0.2, -0.15) is 15.2 Å². The molecular formula is C30H30N10O2. The molecule has 0 amide bonds. The molecule has 42 heavy (non-hydrogen) atoms. The normalized spacial score (nSPS) is 17.3. The first-order valence-corrected chi connectivity index (χ1v) is 14.0. The van der Waals surface area contributed by atoms with Gasteiger partial charge in [-0.15, -0.1) is 0 Å². The number of nitriles is 1. The lowest BCUT2D eigenvalue weighted by molar-refractivity contribution is 0.122. The highest BCUT2D eigenvalue weighted by molar-refractivity contribution is 6.03. The van der Waals surface area contributed by atoms with Crippen LogP contribution in [0.5, 0.6) is 0 Å². The van der Waals surface area contributed by atoms with E-state index < -0.39 is 0 Å². The average Bonchev–Trinajstić information content (AvgIpc) is 3.69. The van der Waals surface area contributed by atoms with Crippen molar-refractivity contribution in [3.63, 3.8) is 0 Å². The first-order valence-electron chi connectivity index (χ1n) is 14.0. The Morgan fingerprint density at radius 2 is 1.90 bits per heavy atom. The number of morpholine rings is 1. The maximum atomic E-state index is 12.8. The molecule has 0 saturated carbocycles. The number of benzene rings is 1. The van der Waals surface area contributed by atoms with Crippen LogP contribution in [0.15, 0.2) is 47.5 Å². The number of pyridine rings is 2. The molecule has 2 aliphatic rings. The maximum absolute atomic E-state index is 12.8. The molecule has 2 saturated heterocycles. The number of nitrogens with two attached hydrogens (primary N) is 2. The maximum Gasteiger partial charge on any atom is 0.274 e. The second-order valence-corrected chi connectivity index (χ2v) is 10.7. The van der Waals surface area contributed by atoms with Crippen LogP contribution in [-0.4, -0.2) is 57.4 Å². The summed E-state index contributed by atoms with van der Waals surface area (Å²) in [6, 6.07) is 12.4. The highest BCUT2D eigenvalue weighted by Crippen LogP contribution is 2.43. The molecule has 2 aliphatic heterocycles. The van der Waals surface area contributed by atoms with Crippen molar-refractivity contribution in [1.82, 2.24) is 24.5 Å². The molecule has 4 aromatic heterocycles. The Balaban J connectivity index is 1.44. The lowest BCUT2D eigenvalue weighted by atomic mass is 9.97. The summed E-state index contributed by atoms with van der Waals surface area (Å²) in [6.07, 6.45) is 5.43. The molecule has 6 heterocycles. The third-order valence-electron chi connectivity index (χ3n) is 8.28. The number of aromatic nitrogens is 5. The van der Waals surface area contributed by atoms with E-state index in [0.29, 0.717) is 44.2 Å². The molecule has 7 rings (SSSR count). The number of fused-ring (bicyclic) bond motifs is 2. The molecule has 12 heteroatoms. The minimum absolute atomic E-state index is 0.0372. The monoisotopic (exact) mass is 562 g/mol. The molecule has 0 radical (unpaired) electrons. The van der Waals surface area contributed by atoms with E-state index in [1.807, 2.05) is 18.3 Å². The number of ether oxygens (including phenoxy) is 1. The van der Waals surface area contributed by atoms with Crippen LogP contribution < -0.4 is 26.8 Å². The van der Waals surface area contributed by atoms with Crippen molar-refractivity contribution in [1.29, 1.82) is 5.26 Å². The number of rotatable bonds is 4. The Morgan fingerprint density at radius 3 is 2.71 bits per heavy atom. The highest BCUT2D eigenvalue weighted by atomic mass is 16.5. The molecule has 1 aromatic carbocycles. The molecular weight excluding hydrogens is 532 g/mol. The summed E-state index contributed by atoms with van der Waals surface area (Å²) in [5.41, 5.74) is 16.6. The summed E-state index contributed by atoms with van der Waals surface area (Å²) < 4.78 is 7.29. The lowest BCUT2D eigenvalue weighted by Crippen LogP contribution is -2.38. The van der Waals surface area contributed by atoms with Gasteiger partial charge in [-0.25, -0.2) is 4.98 Å². The van der Waals surface area contributed by atoms with Gasteiger partial charge in [0.25, 0.3) is 5.56 Å². The number of aromatic amines is 1. The standard InChI is InChI=1S/C30H30N10O2/c1-38-16-22(19-7-8-34-25(19)29(38)41)18-5-2-4-17-14-20(27(35-24(17)18)39-10-12-42-13-11-39)23-6-3-9-40(23)28-21(15-31)26(32)36-30(33)37-28/h2,4-5,7-8,14,16,23,34H,3,6,9-13H2,1H3,(H4,32,33,36,37)/t23-/m0/s1. The van der Waals surface area contributed by atoms with E-state index in [1.54, 1.807) is 17.8 Å². The van der Waals surface area contributed by atoms with Crippen molar-refractivity contribution in [3.05, 3.63) is 64.2 Å². The van der Waals surface area contributed by atoms with E-state index in [0.717, 1.165) is 51.6 Å². The van der Waals surface area contributed by atoms with Gasteiger partial charge in [0.15, 0.2) is 5.82 Å². The highest BCUT2D eigenvalue weighted by Gasteiger charge is 2.34. The summed E-state index contributed by atoms with van der Waals surface area (Å²) in [5.74, 6) is 1.44. The van der Waals surface area contributed by atoms with E-state index in [-0.39, 0.29) is 28.9 Å². The van der Waals surface area contributed by atoms with Crippen LogP contribution in [0.3, 0.4) is 0 Å². The number of anilines is 4. The minimum Gasteiger partial charge on any atom is -0.382 e. The van der Waals surface area contributed by atoms with Gasteiger partial charge in [-0.3, -0.25) is 4.79 Å². The van der Waals surface area contributed by atoms with Gasteiger partial charge >= 0.3 is 0 Å². The second-order valence-electron chi connectivity index (χ2n) is 10.7. The van der Waals surface area contributed by atoms with E-state index in [1.165, 1.54) is 0 Å². The van der Waals surface area contributed by atoms with E-state index in [4.69, 9.17) is 21.2 Å². The molecule has 1 atom stereocenters. The van der Waals surface area contributed by atoms with E-state index in [9.17, 15) is 10.1 Å². The molecule has 0 aliphatic carbocycles. The van der Waals surface area contributed by atoms with Gasteiger partial charge < -0.3 is 35.6 Å². The van der Waals surface area contributed by atoms with Crippen molar-refractivity contribution >= 4 is 45.2 Å². The zero-order chi connectivity index (χ0) is 29.0. The molecule has 5 N–H and O–H groups in total. The number of nitrogens with one attached hydrogen (secondary N) is 1. The molecule has 2 fully saturated rings. The zero-order valence-electron chi connectivity index (χ0n) is 23.2. The van der Waals surface area contributed by atoms with Crippen LogP contribution in [-0.2, 0) is 11.8 Å². The van der Waals surface area contributed by atoms with Crippen molar-refractivity contribution in [2.45, 2.75) is 18.9 Å². The third kappa shape index (κ3) is 4.09. The Morgan fingerprint density at radius 1 is 1.07 bits per heavy atom. The average molecular weight is 563 g/mol. The summed E-state index contributed by atoms with van der Waals surface area (Å²) >= 11 is 0. The van der Waals surface area contributed by atoms with Gasteiger partial charge in [-0.1, -0.05) is 18.2 Å². The summed E-state index contributed by atoms with van der Waals surface area (Å²) in [6.45, 7) is 3.33. The Labute approximate surface area is 241 Å². The van der Waals surface area contributed by atoms with Crippen LogP contribution in [0.4, 0.5) is 23.4 Å². The van der Waals surface area contributed by atoms with Crippen molar-refractivity contribution in [3.8, 4) is 17.2 Å². The van der Waals surface area contributed by atoms with Gasteiger partial charge in [0.2, 0.25) is 5.95 Å². The molecule has 0 spiro atoms. The van der Waals surface area contributed by atoms with Gasteiger partial charge in [0.1, 0.15) is 28.8 Å². The van der Waals surface area contributed by atoms with Crippen LogP contribution in [0.25, 0.3) is 32.9 Å². The summed E-state index contributed by atoms with van der Waals surface area (Å²) in [5, 5.41) is 11.7. The number of aryl methyl sites for hydroxylation is 1. The predicted octanol–water partition coefficient (Wildman–Crippen LogP) is 3.09. The number of nitrogen functional groups attached to an aromatic ring is 2. The van der Waals surface area contributed by atoms with Crippen LogP contribution in [0.2, 0.25) is 0 Å². The fraction of sp³-hybridized carbons (Fsp3) is 0.300. The smallest absolute Gasteiger partial charge is 0.274 e. The molecule has 12 nitrogen and oxygen atoms in total. The van der Waals surface area contributed by atoms with Crippen LogP contribution >= 0.6 is 0 Å². The largest absolute Gasteiger partial charge is 0.382 e. The quantitative estimate of drug-likeness (QED) is 0.296. The molecule has 0 bridgehead atoms. The van der Waals surface area contributed by atoms with E-state index >= 15 is 0 Å². The number of nitrogens with zero attached hydrogens (tertiary/aromatic N) is 7. The Kier molecular flexibility index (Phi) is 6.17. The summed E-state index contributed by atoms with van der Waals surface area (Å²) in [4.78, 5) is 34.1. The third-order valence-corrected chi connectivity index (χ3v) is 8.28. The first-order chi connectivity index (χ1) is 20.4. The van der Waals surface area contributed by atoms with Crippen LogP contribution in [0, 0.1) is 11.3 Å². The number of hydrogen-bond acceptors (Lipinski definition) is 10. The molecule has 0 unspecified atom stereocenters. The molecule has 212 valence electrons. The topological polar surface area (TPSA) is 168 Å². The zero-order valence-corrected chi connectivity index (χ0v) is 23.2. The first kappa shape index (κ1) is 25.8. The van der Waals surface area contributed by atoms with Crippen molar-refractivity contribution < 1.29 is 4.74 Å². The second kappa shape index (κ2) is 10.0. The van der Waals surface area contributed by atoms with Gasteiger partial charge in [-0.05, 0) is 25.0 Å². The summed E-state index contributed by atoms with van der Waals surface area (Å²) in [7, 11) is 1.76. The van der Waals surface area contributed by atoms with Gasteiger partial charge in [0.05, 0.1) is 24.8 Å². The number of para-hydroxylation sites is 1. The molecule has 5 aromatic rings. The Hall–Kier alpha value is -5.15. The lowest BCUT2D eigenvalue weighted by Gasteiger charge is -2.34.